The summed E-state index contributed by atoms with van der Waals surface area (Å²) in [5.74, 6) is 0.806. The van der Waals surface area contributed by atoms with Gasteiger partial charge in [0.05, 0.1) is 6.61 Å². The van der Waals surface area contributed by atoms with Crippen LogP contribution in [0.5, 0.6) is 5.75 Å². The summed E-state index contributed by atoms with van der Waals surface area (Å²) in [6, 6.07) is 7.37. The molecule has 1 amide bonds. The molecule has 0 atom stereocenters. The summed E-state index contributed by atoms with van der Waals surface area (Å²) in [5, 5.41) is 2.73. The van der Waals surface area contributed by atoms with Crippen molar-refractivity contribution < 1.29 is 14.3 Å². The summed E-state index contributed by atoms with van der Waals surface area (Å²) in [6.07, 6.45) is 3.97. The fraction of sp³-hybridized carbons (Fsp3) is 0.632. The van der Waals surface area contributed by atoms with Crippen LogP contribution in [0.1, 0.15) is 46.5 Å². The van der Waals surface area contributed by atoms with Gasteiger partial charge in [-0.1, -0.05) is 40.0 Å². The summed E-state index contributed by atoms with van der Waals surface area (Å²) in [6.45, 7) is 10.6. The van der Waals surface area contributed by atoms with Crippen LogP contribution in [0.15, 0.2) is 24.3 Å². The first kappa shape index (κ1) is 23.5. The van der Waals surface area contributed by atoms with Gasteiger partial charge in [-0.3, -0.25) is 5.32 Å². The number of benzene rings is 1. The Morgan fingerprint density at radius 2 is 1.68 bits per heavy atom. The zero-order valence-electron chi connectivity index (χ0n) is 15.8. The molecule has 1 aromatic rings. The van der Waals surface area contributed by atoms with Crippen molar-refractivity contribution in [3.63, 3.8) is 0 Å². The van der Waals surface area contributed by atoms with Gasteiger partial charge in [0.2, 0.25) is 0 Å². The minimum Gasteiger partial charge on any atom is -0.492 e. The third kappa shape index (κ3) is 10.9. The second kappa shape index (κ2) is 14.8. The molecule has 0 aliphatic heterocycles. The molecular formula is C19H33ClN2O3. The molecule has 0 radical (unpaired) electrons. The van der Waals surface area contributed by atoms with E-state index in [1.165, 1.54) is 12.8 Å². The van der Waals surface area contributed by atoms with Crippen LogP contribution in [0.4, 0.5) is 10.5 Å². The number of hydrogen-bond acceptors (Lipinski definition) is 4. The van der Waals surface area contributed by atoms with E-state index in [1.54, 1.807) is 0 Å². The highest BCUT2D eigenvalue weighted by atomic mass is 35.5. The van der Waals surface area contributed by atoms with E-state index < -0.39 is 6.09 Å². The lowest BCUT2D eigenvalue weighted by Crippen LogP contribution is -2.27. The van der Waals surface area contributed by atoms with E-state index in [4.69, 9.17) is 9.47 Å². The number of nitrogens with one attached hydrogen (secondary N) is 1. The molecule has 0 unspecified atom stereocenters. The van der Waals surface area contributed by atoms with Gasteiger partial charge in [0.15, 0.2) is 0 Å². The number of halogens is 1. The molecule has 5 nitrogen and oxygen atoms in total. The van der Waals surface area contributed by atoms with E-state index in [1.807, 2.05) is 24.3 Å². The molecule has 0 bridgehead atoms. The maximum absolute atomic E-state index is 11.7. The van der Waals surface area contributed by atoms with E-state index in [0.717, 1.165) is 38.2 Å². The van der Waals surface area contributed by atoms with E-state index in [2.05, 4.69) is 31.0 Å². The van der Waals surface area contributed by atoms with Crippen molar-refractivity contribution in [3.8, 4) is 5.75 Å². The first-order valence-corrected chi connectivity index (χ1v) is 9.08. The highest BCUT2D eigenvalue weighted by Gasteiger charge is 2.04. The predicted octanol–water partition coefficient (Wildman–Crippen LogP) is 4.96. The van der Waals surface area contributed by atoms with Crippen LogP contribution in [-0.2, 0) is 4.74 Å². The van der Waals surface area contributed by atoms with Crippen molar-refractivity contribution in [1.29, 1.82) is 0 Å². The Labute approximate surface area is 158 Å². The van der Waals surface area contributed by atoms with Crippen molar-refractivity contribution in [1.82, 2.24) is 4.90 Å². The van der Waals surface area contributed by atoms with Gasteiger partial charge in [-0.25, -0.2) is 4.79 Å². The molecule has 0 heterocycles. The molecule has 0 aliphatic rings. The predicted molar refractivity (Wildman–Crippen MR) is 106 cm³/mol. The average Bonchev–Trinajstić information content (AvgIpc) is 2.60. The monoisotopic (exact) mass is 372 g/mol. The zero-order valence-corrected chi connectivity index (χ0v) is 16.6. The molecule has 0 saturated carbocycles. The molecule has 1 aromatic carbocycles. The van der Waals surface area contributed by atoms with Crippen molar-refractivity contribution in [2.24, 2.45) is 0 Å². The quantitative estimate of drug-likeness (QED) is 0.527. The summed E-state index contributed by atoms with van der Waals surface area (Å²) < 4.78 is 10.9. The average molecular weight is 373 g/mol. The number of likely N-dealkylation sites (N-methyl/N-ethyl adjacent to an activating group) is 1. The number of nitrogens with zero attached hydrogens (tertiary/aromatic N) is 1. The first-order chi connectivity index (χ1) is 11.7. The fourth-order valence-corrected chi connectivity index (χ4v) is 2.31. The van der Waals surface area contributed by atoms with Crippen LogP contribution >= 0.6 is 12.4 Å². The Bertz CT molecular complexity index is 450. The minimum absolute atomic E-state index is 0. The number of amides is 1. The number of unbranched alkanes of at least 4 members (excludes halogenated alkanes) is 3. The summed E-state index contributed by atoms with van der Waals surface area (Å²) >= 11 is 0. The van der Waals surface area contributed by atoms with E-state index in [0.29, 0.717) is 18.9 Å². The van der Waals surface area contributed by atoms with E-state index in [9.17, 15) is 4.79 Å². The van der Waals surface area contributed by atoms with Gasteiger partial charge < -0.3 is 14.4 Å². The van der Waals surface area contributed by atoms with Gasteiger partial charge in [-0.2, -0.15) is 0 Å². The Hall–Kier alpha value is -1.46. The number of ether oxygens (including phenoxy) is 2. The molecule has 25 heavy (non-hydrogen) atoms. The highest BCUT2D eigenvalue weighted by molar-refractivity contribution is 5.85. The van der Waals surface area contributed by atoms with Gasteiger partial charge in [0, 0.05) is 12.2 Å². The fourth-order valence-electron chi connectivity index (χ4n) is 2.31. The van der Waals surface area contributed by atoms with Gasteiger partial charge in [0.25, 0.3) is 0 Å². The second-order valence-corrected chi connectivity index (χ2v) is 5.72. The lowest BCUT2D eigenvalue weighted by Gasteiger charge is -2.18. The van der Waals surface area contributed by atoms with Gasteiger partial charge in [-0.05, 0) is 43.8 Å². The van der Waals surface area contributed by atoms with Crippen LogP contribution in [-0.4, -0.2) is 43.8 Å². The molecule has 0 aliphatic carbocycles. The highest BCUT2D eigenvalue weighted by Crippen LogP contribution is 2.16. The standard InChI is InChI=1S/C19H32N2O3.ClH/c1-4-7-8-9-15-24-19(22)20-17-10-12-18(13-11-17)23-16-14-21(5-2)6-3;/h10-13H,4-9,14-16H2,1-3H3,(H,20,22);1H. The number of hydrogen-bond donors (Lipinski definition) is 1. The van der Waals surface area contributed by atoms with Crippen LogP contribution in [0.2, 0.25) is 0 Å². The summed E-state index contributed by atoms with van der Waals surface area (Å²) in [5.41, 5.74) is 0.713. The maximum atomic E-state index is 11.7. The second-order valence-electron chi connectivity index (χ2n) is 5.72. The third-order valence-electron chi connectivity index (χ3n) is 3.90. The largest absolute Gasteiger partial charge is 0.492 e. The Morgan fingerprint density at radius 3 is 2.28 bits per heavy atom. The topological polar surface area (TPSA) is 50.8 Å². The van der Waals surface area contributed by atoms with Crippen molar-refractivity contribution >= 4 is 24.2 Å². The molecule has 1 N–H and O–H groups in total. The molecule has 0 saturated heterocycles. The van der Waals surface area contributed by atoms with Crippen molar-refractivity contribution in [2.45, 2.75) is 46.5 Å². The number of anilines is 1. The summed E-state index contributed by atoms with van der Waals surface area (Å²) in [4.78, 5) is 14.0. The smallest absolute Gasteiger partial charge is 0.411 e. The van der Waals surface area contributed by atoms with Crippen LogP contribution < -0.4 is 10.1 Å². The first-order valence-electron chi connectivity index (χ1n) is 9.08. The van der Waals surface area contributed by atoms with Crippen LogP contribution in [0.3, 0.4) is 0 Å². The zero-order chi connectivity index (χ0) is 17.6. The van der Waals surface area contributed by atoms with Gasteiger partial charge in [-0.15, -0.1) is 12.4 Å². The Balaban J connectivity index is 0.00000576. The molecule has 0 aromatic heterocycles. The Kier molecular flexibility index (Phi) is 14.0. The number of rotatable bonds is 12. The lowest BCUT2D eigenvalue weighted by molar-refractivity contribution is 0.159. The van der Waals surface area contributed by atoms with E-state index in [-0.39, 0.29) is 12.4 Å². The van der Waals surface area contributed by atoms with Gasteiger partial charge in [0.1, 0.15) is 12.4 Å². The van der Waals surface area contributed by atoms with Crippen molar-refractivity contribution in [3.05, 3.63) is 24.3 Å². The number of carbonyl (C=O) groups is 1. The molecule has 144 valence electrons. The molecule has 6 heteroatoms. The molecule has 0 spiro atoms. The normalized spacial score (nSPS) is 10.2. The van der Waals surface area contributed by atoms with Crippen molar-refractivity contribution in [2.75, 3.05) is 38.2 Å². The van der Waals surface area contributed by atoms with E-state index >= 15 is 0 Å². The third-order valence-corrected chi connectivity index (χ3v) is 3.90. The SMILES string of the molecule is CCCCCCOC(=O)Nc1ccc(OCCN(CC)CC)cc1.Cl. The lowest BCUT2D eigenvalue weighted by atomic mass is 10.2. The maximum Gasteiger partial charge on any atom is 0.411 e. The molecule has 1 rings (SSSR count). The number of carbonyl (C=O) groups excluding carboxylic acids is 1. The minimum atomic E-state index is -0.401. The molecule has 0 fully saturated rings. The Morgan fingerprint density at radius 1 is 1.00 bits per heavy atom. The van der Waals surface area contributed by atoms with Gasteiger partial charge >= 0.3 is 6.09 Å². The van der Waals surface area contributed by atoms with Crippen LogP contribution in [0.25, 0.3) is 0 Å². The summed E-state index contributed by atoms with van der Waals surface area (Å²) in [7, 11) is 0. The molecular weight excluding hydrogens is 340 g/mol. The van der Waals surface area contributed by atoms with Crippen LogP contribution in [0, 0.1) is 0 Å².